The Labute approximate surface area is 120 Å². The summed E-state index contributed by atoms with van der Waals surface area (Å²) in [6.07, 6.45) is 6.25. The van der Waals surface area contributed by atoms with Crippen LogP contribution in [0.15, 0.2) is 42.5 Å². The molecule has 0 N–H and O–H groups in total. The zero-order valence-corrected chi connectivity index (χ0v) is 12.2. The van der Waals surface area contributed by atoms with Crippen LogP contribution in [-0.2, 0) is 6.42 Å². The van der Waals surface area contributed by atoms with E-state index in [4.69, 9.17) is 16.3 Å². The Morgan fingerprint density at radius 2 is 2.32 bits per heavy atom. The molecular weight excluding hydrogens is 256 g/mol. The van der Waals surface area contributed by atoms with Crippen LogP contribution in [-0.4, -0.2) is 7.11 Å². The lowest BCUT2D eigenvalue weighted by atomic mass is 9.73. The zero-order valence-electron chi connectivity index (χ0n) is 11.5. The van der Waals surface area contributed by atoms with E-state index < -0.39 is 0 Å². The summed E-state index contributed by atoms with van der Waals surface area (Å²) in [7, 11) is 1.71. The predicted molar refractivity (Wildman–Crippen MR) is 82.0 cm³/mol. The minimum absolute atomic E-state index is 0.502. The largest absolute Gasteiger partial charge is 0.497 e. The van der Waals surface area contributed by atoms with Crippen molar-refractivity contribution in [1.29, 1.82) is 0 Å². The standard InChI is InChI=1S/C17H21ClO/c1-4-13-6-7-14-11-15(19-3)8-10-17(14)16(13)9-5-12(2)18/h4,8,10-11,13,16H,1-2,5-7,9H2,3H3/t13-,16+/m0/s1. The average Bonchev–Trinajstić information content (AvgIpc) is 2.43. The van der Waals surface area contributed by atoms with Crippen molar-refractivity contribution in [1.82, 2.24) is 0 Å². The van der Waals surface area contributed by atoms with Gasteiger partial charge in [-0.3, -0.25) is 0 Å². The van der Waals surface area contributed by atoms with E-state index >= 15 is 0 Å². The SMILES string of the molecule is C=C[C@H]1CCc2cc(OC)ccc2[C@@H]1CCC(=C)Cl. The Kier molecular flexibility index (Phi) is 4.71. The highest BCUT2D eigenvalue weighted by atomic mass is 35.5. The van der Waals surface area contributed by atoms with Crippen LogP contribution in [0.4, 0.5) is 0 Å². The van der Waals surface area contributed by atoms with Gasteiger partial charge in [0, 0.05) is 5.03 Å². The van der Waals surface area contributed by atoms with Crippen LogP contribution in [0.1, 0.15) is 36.3 Å². The fraction of sp³-hybridized carbons (Fsp3) is 0.412. The fourth-order valence-corrected chi connectivity index (χ4v) is 3.11. The van der Waals surface area contributed by atoms with Gasteiger partial charge in [-0.25, -0.2) is 0 Å². The van der Waals surface area contributed by atoms with E-state index in [2.05, 4.69) is 31.4 Å². The molecule has 0 radical (unpaired) electrons. The number of rotatable bonds is 5. The molecule has 2 heteroatoms. The topological polar surface area (TPSA) is 9.23 Å². The van der Waals surface area contributed by atoms with Crippen LogP contribution in [0, 0.1) is 5.92 Å². The van der Waals surface area contributed by atoms with Gasteiger partial charge in [-0.1, -0.05) is 30.3 Å². The van der Waals surface area contributed by atoms with Crippen molar-refractivity contribution in [3.8, 4) is 5.75 Å². The molecule has 1 nitrogen and oxygen atoms in total. The average molecular weight is 277 g/mol. The molecule has 0 amide bonds. The van der Waals surface area contributed by atoms with Crippen molar-refractivity contribution < 1.29 is 4.74 Å². The van der Waals surface area contributed by atoms with Crippen molar-refractivity contribution >= 4 is 11.6 Å². The van der Waals surface area contributed by atoms with Gasteiger partial charge >= 0.3 is 0 Å². The van der Waals surface area contributed by atoms with Crippen LogP contribution in [0.5, 0.6) is 5.75 Å². The number of aryl methyl sites for hydroxylation is 1. The summed E-state index contributed by atoms with van der Waals surface area (Å²) in [5, 5.41) is 0.739. The van der Waals surface area contributed by atoms with Gasteiger partial charge in [0.15, 0.2) is 0 Å². The maximum absolute atomic E-state index is 5.92. The minimum atomic E-state index is 0.502. The second-order valence-corrected chi connectivity index (χ2v) is 5.70. The number of methoxy groups -OCH3 is 1. The normalized spacial score (nSPS) is 21.6. The maximum atomic E-state index is 5.92. The molecule has 19 heavy (non-hydrogen) atoms. The van der Waals surface area contributed by atoms with Gasteiger partial charge < -0.3 is 4.74 Å². The van der Waals surface area contributed by atoms with Crippen LogP contribution in [0.3, 0.4) is 0 Å². The molecule has 2 rings (SSSR count). The molecule has 1 aromatic rings. The maximum Gasteiger partial charge on any atom is 0.119 e. The van der Waals surface area contributed by atoms with Crippen LogP contribution in [0.25, 0.3) is 0 Å². The summed E-state index contributed by atoms with van der Waals surface area (Å²) in [6.45, 7) is 7.78. The second-order valence-electron chi connectivity index (χ2n) is 5.17. The summed E-state index contributed by atoms with van der Waals surface area (Å²) in [5.41, 5.74) is 2.83. The van der Waals surface area contributed by atoms with Crippen molar-refractivity contribution in [2.45, 2.75) is 31.6 Å². The number of ether oxygens (including phenoxy) is 1. The third kappa shape index (κ3) is 3.22. The first-order valence-electron chi connectivity index (χ1n) is 6.78. The van der Waals surface area contributed by atoms with Crippen LogP contribution >= 0.6 is 11.6 Å². The lowest BCUT2D eigenvalue weighted by molar-refractivity contribution is 0.404. The number of hydrogen-bond acceptors (Lipinski definition) is 1. The molecule has 0 aromatic heterocycles. The number of fused-ring (bicyclic) bond motifs is 1. The molecule has 1 aliphatic rings. The Hall–Kier alpha value is -1.21. The Morgan fingerprint density at radius 3 is 2.95 bits per heavy atom. The Balaban J connectivity index is 2.28. The van der Waals surface area contributed by atoms with Crippen molar-refractivity contribution in [2.24, 2.45) is 5.92 Å². The lowest BCUT2D eigenvalue weighted by Gasteiger charge is -2.32. The van der Waals surface area contributed by atoms with Crippen molar-refractivity contribution in [3.63, 3.8) is 0 Å². The van der Waals surface area contributed by atoms with Gasteiger partial charge in [0.2, 0.25) is 0 Å². The summed E-state index contributed by atoms with van der Waals surface area (Å²) in [4.78, 5) is 0. The van der Waals surface area contributed by atoms with E-state index in [0.717, 1.165) is 36.5 Å². The second kappa shape index (κ2) is 6.29. The van der Waals surface area contributed by atoms with Gasteiger partial charge in [-0.05, 0) is 60.8 Å². The lowest BCUT2D eigenvalue weighted by Crippen LogP contribution is -2.19. The molecule has 0 saturated heterocycles. The van der Waals surface area contributed by atoms with E-state index in [1.807, 2.05) is 6.07 Å². The molecular formula is C17H21ClO. The number of halogens is 1. The summed E-state index contributed by atoms with van der Waals surface area (Å²) in [6, 6.07) is 6.41. The van der Waals surface area contributed by atoms with E-state index in [9.17, 15) is 0 Å². The molecule has 0 bridgehead atoms. The Morgan fingerprint density at radius 1 is 1.53 bits per heavy atom. The molecule has 0 aliphatic heterocycles. The highest BCUT2D eigenvalue weighted by Gasteiger charge is 2.27. The molecule has 102 valence electrons. The van der Waals surface area contributed by atoms with E-state index in [1.54, 1.807) is 7.11 Å². The van der Waals surface area contributed by atoms with Gasteiger partial charge in [0.05, 0.1) is 7.11 Å². The third-order valence-electron chi connectivity index (χ3n) is 4.04. The first-order valence-corrected chi connectivity index (χ1v) is 7.16. The fourth-order valence-electron chi connectivity index (χ4n) is 3.01. The highest BCUT2D eigenvalue weighted by molar-refractivity contribution is 6.29. The molecule has 0 unspecified atom stereocenters. The van der Waals surface area contributed by atoms with Crippen LogP contribution < -0.4 is 4.74 Å². The zero-order chi connectivity index (χ0) is 13.8. The molecule has 0 fully saturated rings. The molecule has 2 atom stereocenters. The quantitative estimate of drug-likeness (QED) is 0.683. The molecule has 0 heterocycles. The van der Waals surface area contributed by atoms with Crippen LogP contribution in [0.2, 0.25) is 0 Å². The number of hydrogen-bond donors (Lipinski definition) is 0. The summed E-state index contributed by atoms with van der Waals surface area (Å²) in [5.74, 6) is 1.98. The molecule has 0 saturated carbocycles. The molecule has 0 spiro atoms. The molecule has 1 aromatic carbocycles. The summed E-state index contributed by atoms with van der Waals surface area (Å²) >= 11 is 5.92. The van der Waals surface area contributed by atoms with E-state index in [-0.39, 0.29) is 0 Å². The van der Waals surface area contributed by atoms with Gasteiger partial charge in [0.1, 0.15) is 5.75 Å². The highest BCUT2D eigenvalue weighted by Crippen LogP contribution is 2.41. The van der Waals surface area contributed by atoms with Crippen molar-refractivity contribution in [2.75, 3.05) is 7.11 Å². The predicted octanol–water partition coefficient (Wildman–Crippen LogP) is 5.06. The van der Waals surface area contributed by atoms with Gasteiger partial charge in [0.25, 0.3) is 0 Å². The van der Waals surface area contributed by atoms with Crippen molar-refractivity contribution in [3.05, 3.63) is 53.6 Å². The first-order chi connectivity index (χ1) is 9.15. The number of benzene rings is 1. The monoisotopic (exact) mass is 276 g/mol. The van der Waals surface area contributed by atoms with Gasteiger partial charge in [-0.2, -0.15) is 0 Å². The van der Waals surface area contributed by atoms with E-state index in [0.29, 0.717) is 11.8 Å². The summed E-state index contributed by atoms with van der Waals surface area (Å²) < 4.78 is 5.31. The number of allylic oxidation sites excluding steroid dienone is 2. The third-order valence-corrected chi connectivity index (χ3v) is 4.23. The smallest absolute Gasteiger partial charge is 0.119 e. The van der Waals surface area contributed by atoms with E-state index in [1.165, 1.54) is 11.1 Å². The first kappa shape index (κ1) is 14.2. The Bertz CT molecular complexity index is 478. The van der Waals surface area contributed by atoms with Gasteiger partial charge in [-0.15, -0.1) is 6.58 Å². The molecule has 1 aliphatic carbocycles. The minimum Gasteiger partial charge on any atom is -0.497 e.